The molecule has 1 fully saturated rings. The van der Waals surface area contributed by atoms with Crippen LogP contribution in [-0.2, 0) is 4.79 Å². The second-order valence-corrected chi connectivity index (χ2v) is 7.15. The molecule has 0 radical (unpaired) electrons. The molecule has 0 aliphatic carbocycles. The Kier molecular flexibility index (Phi) is 6.14. The Morgan fingerprint density at radius 2 is 1.88 bits per heavy atom. The molecular formula is C20H28N2O4. The zero-order valence-electron chi connectivity index (χ0n) is 15.6. The van der Waals surface area contributed by atoms with Crippen molar-refractivity contribution in [2.24, 2.45) is 5.92 Å². The molecule has 1 amide bonds. The fourth-order valence-electron chi connectivity index (χ4n) is 3.41. The molecular weight excluding hydrogens is 332 g/mol. The number of carbonyl (C=O) groups excluding carboxylic acids is 2. The Hall–Kier alpha value is -2.08. The van der Waals surface area contributed by atoms with Crippen molar-refractivity contribution >= 4 is 11.7 Å². The van der Waals surface area contributed by atoms with Crippen LogP contribution < -0.4 is 14.8 Å². The number of hydrogen-bond donors (Lipinski definition) is 1. The number of ether oxygens (including phenoxy) is 2. The van der Waals surface area contributed by atoms with Gasteiger partial charge >= 0.3 is 0 Å². The lowest BCUT2D eigenvalue weighted by Gasteiger charge is -2.31. The van der Waals surface area contributed by atoms with Crippen LogP contribution >= 0.6 is 0 Å². The summed E-state index contributed by atoms with van der Waals surface area (Å²) in [5.74, 6) is 1.59. The maximum atomic E-state index is 12.8. The first-order valence-corrected chi connectivity index (χ1v) is 9.52. The Balaban J connectivity index is 1.51. The summed E-state index contributed by atoms with van der Waals surface area (Å²) in [5.41, 5.74) is 0.683. The summed E-state index contributed by atoms with van der Waals surface area (Å²) < 4.78 is 11.1. The molecule has 0 bridgehead atoms. The third-order valence-electron chi connectivity index (χ3n) is 5.17. The van der Waals surface area contributed by atoms with E-state index in [4.69, 9.17) is 9.47 Å². The number of rotatable bonds is 6. The van der Waals surface area contributed by atoms with Crippen molar-refractivity contribution in [2.45, 2.75) is 39.2 Å². The van der Waals surface area contributed by atoms with Crippen molar-refractivity contribution < 1.29 is 19.1 Å². The largest absolute Gasteiger partial charge is 0.486 e. The molecule has 0 saturated carbocycles. The number of nitrogens with zero attached hydrogens (tertiary/aromatic N) is 1. The van der Waals surface area contributed by atoms with E-state index in [1.54, 1.807) is 6.07 Å². The van der Waals surface area contributed by atoms with Gasteiger partial charge < -0.3 is 14.8 Å². The predicted molar refractivity (Wildman–Crippen MR) is 98.8 cm³/mol. The van der Waals surface area contributed by atoms with Gasteiger partial charge in [0.15, 0.2) is 17.3 Å². The number of carbonyl (C=O) groups is 2. The number of hydrogen-bond acceptors (Lipinski definition) is 5. The molecule has 0 aromatic heterocycles. The fraction of sp³-hybridized carbons (Fsp3) is 0.600. The maximum absolute atomic E-state index is 12.8. The summed E-state index contributed by atoms with van der Waals surface area (Å²) in [7, 11) is 0. The van der Waals surface area contributed by atoms with Crippen molar-refractivity contribution in [1.82, 2.24) is 10.2 Å². The lowest BCUT2D eigenvalue weighted by Crippen LogP contribution is -2.44. The van der Waals surface area contributed by atoms with E-state index in [9.17, 15) is 9.59 Å². The molecule has 142 valence electrons. The Labute approximate surface area is 154 Å². The normalized spacial score (nSPS) is 19.0. The van der Waals surface area contributed by atoms with E-state index in [0.29, 0.717) is 36.8 Å². The predicted octanol–water partition coefficient (Wildman–Crippen LogP) is 2.27. The number of Topliss-reactive ketones (excluding diaryl/α,β-unsaturated/α-hetero) is 1. The van der Waals surface area contributed by atoms with Gasteiger partial charge in [0.25, 0.3) is 0 Å². The second-order valence-electron chi connectivity index (χ2n) is 7.15. The highest BCUT2D eigenvalue weighted by molar-refractivity contribution is 5.98. The van der Waals surface area contributed by atoms with E-state index in [0.717, 1.165) is 32.4 Å². The molecule has 0 spiro atoms. The third kappa shape index (κ3) is 4.55. The lowest BCUT2D eigenvalue weighted by atomic mass is 9.88. The molecule has 0 unspecified atom stereocenters. The van der Waals surface area contributed by atoms with Crippen molar-refractivity contribution in [2.75, 3.05) is 32.8 Å². The van der Waals surface area contributed by atoms with Gasteiger partial charge in [0.05, 0.1) is 6.54 Å². The Morgan fingerprint density at radius 3 is 2.58 bits per heavy atom. The molecule has 2 aliphatic heterocycles. The number of likely N-dealkylation sites (tertiary alicyclic amines) is 1. The van der Waals surface area contributed by atoms with Crippen LogP contribution in [0.2, 0.25) is 0 Å². The van der Waals surface area contributed by atoms with Gasteiger partial charge in [0.1, 0.15) is 13.2 Å². The number of benzene rings is 1. The van der Waals surface area contributed by atoms with Gasteiger partial charge in [0.2, 0.25) is 5.91 Å². The summed E-state index contributed by atoms with van der Waals surface area (Å²) in [6.45, 7) is 7.08. The number of piperidine rings is 1. The van der Waals surface area contributed by atoms with E-state index in [1.165, 1.54) is 0 Å². The van der Waals surface area contributed by atoms with Crippen LogP contribution in [0.15, 0.2) is 18.2 Å². The molecule has 26 heavy (non-hydrogen) atoms. The zero-order valence-corrected chi connectivity index (χ0v) is 15.6. The fourth-order valence-corrected chi connectivity index (χ4v) is 3.41. The average molecular weight is 360 g/mol. The van der Waals surface area contributed by atoms with E-state index < -0.39 is 0 Å². The third-order valence-corrected chi connectivity index (χ3v) is 5.17. The first-order chi connectivity index (χ1) is 12.6. The lowest BCUT2D eigenvalue weighted by molar-refractivity contribution is -0.123. The molecule has 1 N–H and O–H groups in total. The summed E-state index contributed by atoms with van der Waals surface area (Å²) in [5, 5.41) is 2.99. The molecule has 1 saturated heterocycles. The molecule has 1 aromatic carbocycles. The van der Waals surface area contributed by atoms with Crippen LogP contribution in [0.4, 0.5) is 0 Å². The number of amides is 1. The highest BCUT2D eigenvalue weighted by atomic mass is 16.6. The van der Waals surface area contributed by atoms with Crippen LogP contribution in [0.25, 0.3) is 0 Å². The van der Waals surface area contributed by atoms with Crippen LogP contribution in [0.5, 0.6) is 11.5 Å². The van der Waals surface area contributed by atoms with E-state index >= 15 is 0 Å². The summed E-state index contributed by atoms with van der Waals surface area (Å²) in [4.78, 5) is 26.9. The van der Waals surface area contributed by atoms with Gasteiger partial charge in [-0.1, -0.05) is 6.92 Å². The van der Waals surface area contributed by atoms with Gasteiger partial charge in [-0.15, -0.1) is 0 Å². The smallest absolute Gasteiger partial charge is 0.234 e. The van der Waals surface area contributed by atoms with Crippen LogP contribution in [0, 0.1) is 5.92 Å². The Morgan fingerprint density at radius 1 is 1.19 bits per heavy atom. The van der Waals surface area contributed by atoms with Gasteiger partial charge in [-0.05, 0) is 57.5 Å². The summed E-state index contributed by atoms with van der Waals surface area (Å²) in [6.07, 6.45) is 2.49. The molecule has 2 heterocycles. The van der Waals surface area contributed by atoms with Gasteiger partial charge in [-0.2, -0.15) is 0 Å². The first-order valence-electron chi connectivity index (χ1n) is 9.52. The van der Waals surface area contributed by atoms with Crippen molar-refractivity contribution in [3.05, 3.63) is 23.8 Å². The minimum Gasteiger partial charge on any atom is -0.486 e. The van der Waals surface area contributed by atoms with Crippen LogP contribution in [0.1, 0.15) is 43.5 Å². The molecule has 6 heteroatoms. The van der Waals surface area contributed by atoms with Gasteiger partial charge in [0, 0.05) is 17.5 Å². The monoisotopic (exact) mass is 360 g/mol. The van der Waals surface area contributed by atoms with Crippen LogP contribution in [0.3, 0.4) is 0 Å². The van der Waals surface area contributed by atoms with Crippen molar-refractivity contribution in [3.63, 3.8) is 0 Å². The quantitative estimate of drug-likeness (QED) is 0.788. The maximum Gasteiger partial charge on any atom is 0.234 e. The Bertz CT molecular complexity index is 653. The van der Waals surface area contributed by atoms with E-state index in [2.05, 4.69) is 17.1 Å². The molecule has 3 rings (SSSR count). The highest BCUT2D eigenvalue weighted by Crippen LogP contribution is 2.32. The minimum atomic E-state index is 0.00596. The van der Waals surface area contributed by atoms with Crippen molar-refractivity contribution in [3.8, 4) is 11.5 Å². The highest BCUT2D eigenvalue weighted by Gasteiger charge is 2.27. The van der Waals surface area contributed by atoms with Gasteiger partial charge in [-0.3, -0.25) is 14.5 Å². The first kappa shape index (κ1) is 18.7. The molecule has 1 aromatic rings. The molecule has 1 atom stereocenters. The number of nitrogens with one attached hydrogen (secondary N) is 1. The second kappa shape index (κ2) is 8.54. The topological polar surface area (TPSA) is 67.9 Å². The number of fused-ring (bicyclic) bond motifs is 1. The van der Waals surface area contributed by atoms with Crippen molar-refractivity contribution in [1.29, 1.82) is 0 Å². The average Bonchev–Trinajstić information content (AvgIpc) is 2.67. The van der Waals surface area contributed by atoms with E-state index in [-0.39, 0.29) is 23.7 Å². The zero-order chi connectivity index (χ0) is 18.5. The standard InChI is InChI=1S/C20H28N2O4/c1-3-14(2)21-19(23)13-22-8-6-15(7-9-22)20(24)16-4-5-17-18(12-16)26-11-10-25-17/h4-5,12,14-15H,3,6-11,13H2,1-2H3,(H,21,23)/t14-/m0/s1. The summed E-state index contributed by atoms with van der Waals surface area (Å²) >= 11 is 0. The van der Waals surface area contributed by atoms with Gasteiger partial charge in [-0.25, -0.2) is 0 Å². The van der Waals surface area contributed by atoms with E-state index in [1.807, 2.05) is 19.1 Å². The minimum absolute atomic E-state index is 0.00596. The number of ketones is 1. The molecule has 2 aliphatic rings. The molecule has 6 nitrogen and oxygen atoms in total. The van der Waals surface area contributed by atoms with Crippen LogP contribution in [-0.4, -0.2) is 55.5 Å². The summed E-state index contributed by atoms with van der Waals surface area (Å²) in [6, 6.07) is 5.64. The SMILES string of the molecule is CC[C@H](C)NC(=O)CN1CCC(C(=O)c2ccc3c(c2)OCCO3)CC1.